The van der Waals surface area contributed by atoms with Crippen LogP contribution in [0.2, 0.25) is 0 Å². The van der Waals surface area contributed by atoms with E-state index in [0.717, 1.165) is 0 Å². The van der Waals surface area contributed by atoms with E-state index in [1.165, 1.54) is 19.3 Å². The lowest BCUT2D eigenvalue weighted by Gasteiger charge is -2.00. The highest BCUT2D eigenvalue weighted by molar-refractivity contribution is 5.92. The van der Waals surface area contributed by atoms with Crippen molar-refractivity contribution in [2.24, 2.45) is 0 Å². The molecule has 0 amide bonds. The number of esters is 1. The lowest BCUT2D eigenvalue weighted by molar-refractivity contribution is -0.135. The summed E-state index contributed by atoms with van der Waals surface area (Å²) in [6.45, 7) is 5.07. The number of aliphatic hydroxyl groups is 1. The Morgan fingerprint density at radius 2 is 2.17 bits per heavy atom. The van der Waals surface area contributed by atoms with Crippen molar-refractivity contribution in [3.63, 3.8) is 0 Å². The average molecular weight is 168 g/mol. The highest BCUT2D eigenvalue weighted by atomic mass is 16.5. The topological polar surface area (TPSA) is 46.5 Å². The summed E-state index contributed by atoms with van der Waals surface area (Å²) < 4.78 is 4.43. The molecule has 66 valence electrons. The second-order valence-corrected chi connectivity index (χ2v) is 1.99. The lowest BCUT2D eigenvalue weighted by Crippen LogP contribution is -2.05. The Morgan fingerprint density at radius 1 is 1.58 bits per heavy atom. The van der Waals surface area contributed by atoms with Gasteiger partial charge in [0.15, 0.2) is 0 Å². The molecule has 0 aromatic heterocycles. The van der Waals surface area contributed by atoms with Crippen LogP contribution >= 0.6 is 0 Å². The fourth-order valence-corrected chi connectivity index (χ4v) is 0.645. The van der Waals surface area contributed by atoms with Crippen LogP contribution < -0.4 is 0 Å². The highest BCUT2D eigenvalue weighted by Crippen LogP contribution is 2.06. The number of methoxy groups -OCH3 is 1. The molecule has 0 rings (SSSR count). The van der Waals surface area contributed by atoms with E-state index in [0.29, 0.717) is 0 Å². The SMILES string of the molecule is C=C/C(O)=C(\C=C/C)C(=O)OC. The van der Waals surface area contributed by atoms with Gasteiger partial charge in [-0.1, -0.05) is 12.7 Å². The monoisotopic (exact) mass is 168 g/mol. The van der Waals surface area contributed by atoms with Crippen molar-refractivity contribution >= 4 is 5.97 Å². The first kappa shape index (κ1) is 10.5. The Balaban J connectivity index is 4.90. The number of rotatable bonds is 3. The molecule has 0 aromatic carbocycles. The van der Waals surface area contributed by atoms with Crippen LogP contribution in [-0.4, -0.2) is 18.2 Å². The van der Waals surface area contributed by atoms with E-state index in [9.17, 15) is 4.79 Å². The van der Waals surface area contributed by atoms with Gasteiger partial charge >= 0.3 is 5.97 Å². The summed E-state index contributed by atoms with van der Waals surface area (Å²) in [5, 5.41) is 9.16. The van der Waals surface area contributed by atoms with E-state index >= 15 is 0 Å². The third kappa shape index (κ3) is 2.62. The molecule has 0 radical (unpaired) electrons. The van der Waals surface area contributed by atoms with Crippen molar-refractivity contribution in [3.8, 4) is 0 Å². The predicted octanol–water partition coefficient (Wildman–Crippen LogP) is 1.73. The Morgan fingerprint density at radius 3 is 2.50 bits per heavy atom. The third-order valence-electron chi connectivity index (χ3n) is 1.21. The zero-order chi connectivity index (χ0) is 9.56. The van der Waals surface area contributed by atoms with Crippen molar-refractivity contribution in [1.82, 2.24) is 0 Å². The predicted molar refractivity (Wildman–Crippen MR) is 46.7 cm³/mol. The molecular weight excluding hydrogens is 156 g/mol. The highest BCUT2D eigenvalue weighted by Gasteiger charge is 2.09. The first-order valence-corrected chi connectivity index (χ1v) is 3.44. The normalized spacial score (nSPS) is 12.5. The fourth-order valence-electron chi connectivity index (χ4n) is 0.645. The van der Waals surface area contributed by atoms with E-state index in [1.54, 1.807) is 13.0 Å². The molecule has 0 saturated carbocycles. The van der Waals surface area contributed by atoms with E-state index in [4.69, 9.17) is 5.11 Å². The second-order valence-electron chi connectivity index (χ2n) is 1.99. The van der Waals surface area contributed by atoms with Gasteiger partial charge in [-0.15, -0.1) is 0 Å². The Labute approximate surface area is 71.7 Å². The molecule has 0 atom stereocenters. The maximum atomic E-state index is 11.0. The standard InChI is InChI=1S/C9H12O3/c1-4-6-7(8(10)5-2)9(11)12-3/h4-6,10H,2H2,1,3H3/b6-4-,8-7-. The number of hydrogen-bond acceptors (Lipinski definition) is 3. The summed E-state index contributed by atoms with van der Waals surface area (Å²) in [4.78, 5) is 11.0. The number of carbonyl (C=O) groups is 1. The summed E-state index contributed by atoms with van der Waals surface area (Å²) in [6.07, 6.45) is 4.28. The van der Waals surface area contributed by atoms with Crippen LogP contribution in [0.15, 0.2) is 36.1 Å². The first-order valence-electron chi connectivity index (χ1n) is 3.44. The Kier molecular flexibility index (Phi) is 4.53. The van der Waals surface area contributed by atoms with Crippen molar-refractivity contribution in [2.45, 2.75) is 6.92 Å². The summed E-state index contributed by atoms with van der Waals surface area (Å²) in [5.41, 5.74) is 0.106. The van der Waals surface area contributed by atoms with Gasteiger partial charge in [-0.25, -0.2) is 4.79 Å². The molecule has 0 spiro atoms. The zero-order valence-electron chi connectivity index (χ0n) is 7.20. The molecule has 0 aliphatic carbocycles. The molecule has 0 bridgehead atoms. The molecule has 0 aliphatic rings. The van der Waals surface area contributed by atoms with Crippen LogP contribution in [0, 0.1) is 0 Å². The summed E-state index contributed by atoms with van der Waals surface area (Å²) in [7, 11) is 1.25. The molecule has 3 heteroatoms. The van der Waals surface area contributed by atoms with Gasteiger partial charge in [0.25, 0.3) is 0 Å². The smallest absolute Gasteiger partial charge is 0.341 e. The van der Waals surface area contributed by atoms with Crippen molar-refractivity contribution in [3.05, 3.63) is 36.1 Å². The number of ether oxygens (including phenoxy) is 1. The number of hydrogen-bond donors (Lipinski definition) is 1. The fraction of sp³-hybridized carbons (Fsp3) is 0.222. The largest absolute Gasteiger partial charge is 0.507 e. The van der Waals surface area contributed by atoms with Gasteiger partial charge in [-0.05, 0) is 19.1 Å². The molecule has 0 fully saturated rings. The van der Waals surface area contributed by atoms with Gasteiger partial charge in [0, 0.05) is 0 Å². The maximum absolute atomic E-state index is 11.0. The minimum atomic E-state index is -0.578. The zero-order valence-corrected chi connectivity index (χ0v) is 7.20. The van der Waals surface area contributed by atoms with Crippen molar-refractivity contribution < 1.29 is 14.6 Å². The molecular formula is C9H12O3. The van der Waals surface area contributed by atoms with Crippen LogP contribution in [0.5, 0.6) is 0 Å². The molecule has 3 nitrogen and oxygen atoms in total. The van der Waals surface area contributed by atoms with Crippen LogP contribution in [0.25, 0.3) is 0 Å². The minimum Gasteiger partial charge on any atom is -0.507 e. The third-order valence-corrected chi connectivity index (χ3v) is 1.21. The maximum Gasteiger partial charge on any atom is 0.341 e. The van der Waals surface area contributed by atoms with E-state index in [2.05, 4.69) is 11.3 Å². The summed E-state index contributed by atoms with van der Waals surface area (Å²) in [5.74, 6) is -0.759. The van der Waals surface area contributed by atoms with Crippen LogP contribution in [0.1, 0.15) is 6.92 Å². The molecule has 0 aromatic rings. The number of allylic oxidation sites excluding steroid dienone is 2. The van der Waals surface area contributed by atoms with E-state index in [1.807, 2.05) is 0 Å². The van der Waals surface area contributed by atoms with Crippen LogP contribution in [0.4, 0.5) is 0 Å². The average Bonchev–Trinajstić information content (AvgIpc) is 2.11. The van der Waals surface area contributed by atoms with Crippen molar-refractivity contribution in [2.75, 3.05) is 7.11 Å². The minimum absolute atomic E-state index is 0.106. The van der Waals surface area contributed by atoms with Crippen LogP contribution in [0.3, 0.4) is 0 Å². The summed E-state index contributed by atoms with van der Waals surface area (Å²) >= 11 is 0. The van der Waals surface area contributed by atoms with Gasteiger partial charge in [-0.2, -0.15) is 0 Å². The number of carbonyl (C=O) groups excluding carboxylic acids is 1. The van der Waals surface area contributed by atoms with Gasteiger partial charge in [-0.3, -0.25) is 0 Å². The molecule has 0 aliphatic heterocycles. The second kappa shape index (κ2) is 5.18. The molecule has 0 unspecified atom stereocenters. The number of aliphatic hydroxyl groups excluding tert-OH is 1. The first-order chi connectivity index (χ1) is 5.67. The van der Waals surface area contributed by atoms with Crippen molar-refractivity contribution in [1.29, 1.82) is 0 Å². The lowest BCUT2D eigenvalue weighted by atomic mass is 10.2. The van der Waals surface area contributed by atoms with Gasteiger partial charge in [0.2, 0.25) is 0 Å². The van der Waals surface area contributed by atoms with Gasteiger partial charge in [0.05, 0.1) is 7.11 Å². The molecule has 0 heterocycles. The van der Waals surface area contributed by atoms with E-state index in [-0.39, 0.29) is 11.3 Å². The molecule has 12 heavy (non-hydrogen) atoms. The Bertz CT molecular complexity index is 236. The quantitative estimate of drug-likeness (QED) is 0.302. The van der Waals surface area contributed by atoms with Crippen LogP contribution in [-0.2, 0) is 9.53 Å². The molecule has 1 N–H and O–H groups in total. The Hall–Kier alpha value is -1.51. The molecule has 0 saturated heterocycles. The van der Waals surface area contributed by atoms with E-state index < -0.39 is 5.97 Å². The van der Waals surface area contributed by atoms with Gasteiger partial charge in [0.1, 0.15) is 11.3 Å². The van der Waals surface area contributed by atoms with Gasteiger partial charge < -0.3 is 9.84 Å². The summed E-state index contributed by atoms with van der Waals surface area (Å²) in [6, 6.07) is 0.